The third kappa shape index (κ3) is 22.9. The fraction of sp³-hybridized carbons (Fsp3) is 0.913. The number of carbonyl (C=O) groups is 2. The van der Waals surface area contributed by atoms with E-state index >= 15 is 0 Å². The third-order valence-electron chi connectivity index (χ3n) is 3.50. The molecule has 0 fully saturated rings. The Morgan fingerprint density at radius 1 is 0.733 bits per heavy atom. The van der Waals surface area contributed by atoms with Crippen LogP contribution in [0.5, 0.6) is 0 Å². The summed E-state index contributed by atoms with van der Waals surface area (Å²) in [5, 5.41) is 5.52. The van der Waals surface area contributed by atoms with Gasteiger partial charge in [0.25, 0.3) is 0 Å². The van der Waals surface area contributed by atoms with Gasteiger partial charge in [0, 0.05) is 19.5 Å². The number of hydrogen-bond acceptors (Lipinski definition) is 5. The predicted octanol–water partition coefficient (Wildman–Crippen LogP) is 4.54. The Hall–Kier alpha value is -1.34. The lowest BCUT2D eigenvalue weighted by Crippen LogP contribution is -2.34. The van der Waals surface area contributed by atoms with Crippen molar-refractivity contribution in [1.82, 2.24) is 10.6 Å². The van der Waals surface area contributed by atoms with Gasteiger partial charge in [0.05, 0.1) is 26.4 Å². The maximum atomic E-state index is 12.1. The number of ether oxygens (including phenoxy) is 3. The SMILES string of the molecule is CC.CC(C)(C)CC(C)(C)CC(=O)NCCOCCOCCNC(=O)OC(C)(C)C. The molecule has 7 heteroatoms. The smallest absolute Gasteiger partial charge is 0.407 e. The first kappa shape index (κ1) is 30.9. The van der Waals surface area contributed by atoms with E-state index in [1.54, 1.807) is 0 Å². The van der Waals surface area contributed by atoms with Crippen molar-refractivity contribution in [3.05, 3.63) is 0 Å². The summed E-state index contributed by atoms with van der Waals surface area (Å²) >= 11 is 0. The Morgan fingerprint density at radius 3 is 1.63 bits per heavy atom. The molecule has 180 valence electrons. The zero-order valence-corrected chi connectivity index (χ0v) is 21.2. The number of hydrogen-bond donors (Lipinski definition) is 2. The number of amides is 2. The largest absolute Gasteiger partial charge is 0.444 e. The lowest BCUT2D eigenvalue weighted by atomic mass is 9.74. The van der Waals surface area contributed by atoms with Crippen molar-refractivity contribution in [2.45, 2.75) is 87.7 Å². The molecule has 0 heterocycles. The summed E-state index contributed by atoms with van der Waals surface area (Å²) in [7, 11) is 0. The second-order valence-corrected chi connectivity index (χ2v) is 10.1. The lowest BCUT2D eigenvalue weighted by molar-refractivity contribution is -0.123. The Balaban J connectivity index is 0. The van der Waals surface area contributed by atoms with Gasteiger partial charge in [-0.3, -0.25) is 4.79 Å². The lowest BCUT2D eigenvalue weighted by Gasteiger charge is -2.31. The van der Waals surface area contributed by atoms with Crippen molar-refractivity contribution in [3.8, 4) is 0 Å². The Labute approximate surface area is 185 Å². The number of alkyl carbamates (subject to hydrolysis) is 1. The van der Waals surface area contributed by atoms with E-state index in [1.165, 1.54) is 0 Å². The minimum atomic E-state index is -0.503. The van der Waals surface area contributed by atoms with Crippen LogP contribution in [-0.2, 0) is 19.0 Å². The molecule has 0 radical (unpaired) electrons. The molecule has 0 atom stereocenters. The summed E-state index contributed by atoms with van der Waals surface area (Å²) in [5.41, 5.74) is -0.323. The molecule has 0 rings (SSSR count). The highest BCUT2D eigenvalue weighted by Gasteiger charge is 2.27. The predicted molar refractivity (Wildman–Crippen MR) is 123 cm³/mol. The second-order valence-electron chi connectivity index (χ2n) is 10.1. The van der Waals surface area contributed by atoms with E-state index in [2.05, 4.69) is 45.3 Å². The van der Waals surface area contributed by atoms with E-state index in [0.717, 1.165) is 6.42 Å². The van der Waals surface area contributed by atoms with Crippen LogP contribution in [0.1, 0.15) is 82.1 Å². The topological polar surface area (TPSA) is 85.9 Å². The molecule has 0 spiro atoms. The zero-order valence-electron chi connectivity index (χ0n) is 21.2. The molecule has 0 aliphatic heterocycles. The van der Waals surface area contributed by atoms with Gasteiger partial charge in [-0.05, 0) is 38.0 Å². The molecule has 0 unspecified atom stereocenters. The van der Waals surface area contributed by atoms with Gasteiger partial charge in [0.15, 0.2) is 0 Å². The number of carbonyl (C=O) groups excluding carboxylic acids is 2. The van der Waals surface area contributed by atoms with E-state index in [1.807, 2.05) is 34.6 Å². The normalized spacial score (nSPS) is 11.9. The maximum absolute atomic E-state index is 12.1. The van der Waals surface area contributed by atoms with Gasteiger partial charge >= 0.3 is 6.09 Å². The van der Waals surface area contributed by atoms with Crippen LogP contribution in [0.3, 0.4) is 0 Å². The van der Waals surface area contributed by atoms with Crippen LogP contribution in [0, 0.1) is 10.8 Å². The van der Waals surface area contributed by atoms with Crippen molar-refractivity contribution < 1.29 is 23.8 Å². The van der Waals surface area contributed by atoms with Gasteiger partial charge in [-0.15, -0.1) is 0 Å². The summed E-state index contributed by atoms with van der Waals surface area (Å²) in [5.74, 6) is 0.0577. The van der Waals surface area contributed by atoms with Crippen molar-refractivity contribution in [1.29, 1.82) is 0 Å². The van der Waals surface area contributed by atoms with E-state index in [-0.39, 0.29) is 16.7 Å². The average Bonchev–Trinajstić information content (AvgIpc) is 2.54. The fourth-order valence-corrected chi connectivity index (χ4v) is 3.12. The molecule has 0 bridgehead atoms. The maximum Gasteiger partial charge on any atom is 0.407 e. The van der Waals surface area contributed by atoms with Gasteiger partial charge in [0.1, 0.15) is 5.60 Å². The standard InChI is InChI=1S/C21H42N2O5.C2H6/c1-19(2,3)16-21(7,8)15-17(24)22-9-11-26-13-14-27-12-10-23-18(25)28-20(4,5)6;1-2/h9-16H2,1-8H3,(H,22,24)(H,23,25);1-2H3. The highest BCUT2D eigenvalue weighted by atomic mass is 16.6. The first-order chi connectivity index (χ1) is 13.7. The monoisotopic (exact) mass is 432 g/mol. The molecule has 0 aliphatic rings. The van der Waals surface area contributed by atoms with Crippen LogP contribution in [-0.4, -0.2) is 57.1 Å². The van der Waals surface area contributed by atoms with Crippen molar-refractivity contribution >= 4 is 12.0 Å². The first-order valence-corrected chi connectivity index (χ1v) is 11.1. The van der Waals surface area contributed by atoms with Crippen LogP contribution >= 0.6 is 0 Å². The average molecular weight is 433 g/mol. The summed E-state index contributed by atoms with van der Waals surface area (Å²) in [6.45, 7) is 22.9. The molecule has 0 aliphatic carbocycles. The van der Waals surface area contributed by atoms with Crippen LogP contribution < -0.4 is 10.6 Å². The number of rotatable bonds is 12. The van der Waals surface area contributed by atoms with E-state index in [4.69, 9.17) is 14.2 Å². The van der Waals surface area contributed by atoms with Crippen molar-refractivity contribution in [2.75, 3.05) is 39.5 Å². The zero-order chi connectivity index (χ0) is 23.8. The molecule has 2 amide bonds. The van der Waals surface area contributed by atoms with Crippen LogP contribution in [0.4, 0.5) is 4.79 Å². The van der Waals surface area contributed by atoms with E-state index in [9.17, 15) is 9.59 Å². The molecule has 0 aromatic carbocycles. The molecule has 0 aromatic heterocycles. The molecule has 30 heavy (non-hydrogen) atoms. The van der Waals surface area contributed by atoms with Crippen LogP contribution in [0.2, 0.25) is 0 Å². The molecule has 0 saturated heterocycles. The van der Waals surface area contributed by atoms with Crippen LogP contribution in [0.25, 0.3) is 0 Å². The summed E-state index contributed by atoms with van der Waals surface area (Å²) in [6, 6.07) is 0. The fourth-order valence-electron chi connectivity index (χ4n) is 3.12. The minimum absolute atomic E-state index is 0.0234. The first-order valence-electron chi connectivity index (χ1n) is 11.1. The second kappa shape index (κ2) is 15.5. The van der Waals surface area contributed by atoms with Gasteiger partial charge in [-0.1, -0.05) is 48.5 Å². The summed E-state index contributed by atoms with van der Waals surface area (Å²) in [6.07, 6.45) is 1.05. The molecule has 2 N–H and O–H groups in total. The summed E-state index contributed by atoms with van der Waals surface area (Å²) in [4.78, 5) is 23.5. The molecule has 0 saturated carbocycles. The van der Waals surface area contributed by atoms with Gasteiger partial charge in [-0.25, -0.2) is 4.79 Å². The molecule has 0 aromatic rings. The quantitative estimate of drug-likeness (QED) is 0.442. The highest BCUT2D eigenvalue weighted by Crippen LogP contribution is 2.35. The van der Waals surface area contributed by atoms with Crippen molar-refractivity contribution in [2.24, 2.45) is 10.8 Å². The minimum Gasteiger partial charge on any atom is -0.444 e. The van der Waals surface area contributed by atoms with Gasteiger partial charge in [0.2, 0.25) is 5.91 Å². The number of nitrogens with one attached hydrogen (secondary N) is 2. The molecular weight excluding hydrogens is 384 g/mol. The molecular formula is C23H48N2O5. The van der Waals surface area contributed by atoms with E-state index < -0.39 is 11.7 Å². The van der Waals surface area contributed by atoms with Crippen LogP contribution in [0.15, 0.2) is 0 Å². The van der Waals surface area contributed by atoms with Gasteiger partial charge in [-0.2, -0.15) is 0 Å². The molecule has 7 nitrogen and oxygen atoms in total. The third-order valence-corrected chi connectivity index (χ3v) is 3.50. The van der Waals surface area contributed by atoms with Crippen molar-refractivity contribution in [3.63, 3.8) is 0 Å². The highest BCUT2D eigenvalue weighted by molar-refractivity contribution is 5.76. The Bertz CT molecular complexity index is 465. The van der Waals surface area contributed by atoms with Gasteiger partial charge < -0.3 is 24.8 Å². The Morgan fingerprint density at radius 2 is 1.20 bits per heavy atom. The van der Waals surface area contributed by atoms with E-state index in [0.29, 0.717) is 45.9 Å². The summed E-state index contributed by atoms with van der Waals surface area (Å²) < 4.78 is 15.9. The Kier molecular flexibility index (Phi) is 15.9.